The number of hydrogen-bond donors (Lipinski definition) is 1. The predicted molar refractivity (Wildman–Crippen MR) is 120 cm³/mol. The van der Waals surface area contributed by atoms with Crippen molar-refractivity contribution in [3.8, 4) is 0 Å². The number of carbonyl (C=O) groups excluding carboxylic acids is 1. The molecule has 0 atom stereocenters. The fraction of sp³-hybridized carbons (Fsp3) is 0.208. The summed E-state index contributed by atoms with van der Waals surface area (Å²) in [5.41, 5.74) is 3.52. The lowest BCUT2D eigenvalue weighted by atomic mass is 9.99. The van der Waals surface area contributed by atoms with E-state index in [0.717, 1.165) is 18.4 Å². The van der Waals surface area contributed by atoms with Crippen LogP contribution < -0.4 is 5.32 Å². The highest BCUT2D eigenvalue weighted by Gasteiger charge is 2.11. The van der Waals surface area contributed by atoms with Gasteiger partial charge in [0.1, 0.15) is 5.82 Å². The van der Waals surface area contributed by atoms with E-state index in [1.165, 1.54) is 11.6 Å². The van der Waals surface area contributed by atoms with Crippen LogP contribution in [-0.4, -0.2) is 18.2 Å². The molecule has 5 heteroatoms. The third-order valence-corrected chi connectivity index (χ3v) is 5.97. The molecule has 3 rings (SSSR count). The van der Waals surface area contributed by atoms with Crippen LogP contribution in [0.25, 0.3) is 0 Å². The van der Waals surface area contributed by atoms with E-state index in [4.69, 9.17) is 11.6 Å². The summed E-state index contributed by atoms with van der Waals surface area (Å²) in [6, 6.07) is 22.7. The molecule has 0 unspecified atom stereocenters. The van der Waals surface area contributed by atoms with Gasteiger partial charge >= 0.3 is 0 Å². The average molecular weight is 428 g/mol. The van der Waals surface area contributed by atoms with E-state index in [1.54, 1.807) is 23.9 Å². The normalized spacial score (nSPS) is 10.7. The molecule has 0 aromatic heterocycles. The van der Waals surface area contributed by atoms with E-state index in [-0.39, 0.29) is 11.7 Å². The highest BCUT2D eigenvalue weighted by atomic mass is 35.5. The third-order valence-electron chi connectivity index (χ3n) is 4.63. The number of hydrogen-bond acceptors (Lipinski definition) is 2. The van der Waals surface area contributed by atoms with E-state index in [2.05, 4.69) is 17.4 Å². The van der Waals surface area contributed by atoms with E-state index in [9.17, 15) is 9.18 Å². The number of aryl methyl sites for hydroxylation is 2. The van der Waals surface area contributed by atoms with E-state index in [0.29, 0.717) is 34.2 Å². The lowest BCUT2D eigenvalue weighted by Gasteiger charge is -2.11. The second-order valence-corrected chi connectivity index (χ2v) is 8.16. The Morgan fingerprint density at radius 2 is 1.69 bits per heavy atom. The molecule has 150 valence electrons. The first-order valence-corrected chi connectivity index (χ1v) is 11.1. The molecule has 0 spiro atoms. The Kier molecular flexibility index (Phi) is 8.14. The van der Waals surface area contributed by atoms with Crippen molar-refractivity contribution in [2.45, 2.75) is 18.6 Å². The molecule has 0 aliphatic heterocycles. The van der Waals surface area contributed by atoms with Gasteiger partial charge in [-0.15, -0.1) is 0 Å². The van der Waals surface area contributed by atoms with Crippen LogP contribution in [-0.2, 0) is 18.6 Å². The maximum absolute atomic E-state index is 13.8. The molecule has 0 fully saturated rings. The molecule has 0 heterocycles. The fourth-order valence-electron chi connectivity index (χ4n) is 3.06. The van der Waals surface area contributed by atoms with Crippen molar-refractivity contribution in [3.63, 3.8) is 0 Å². The minimum absolute atomic E-state index is 0.0711. The first-order chi connectivity index (χ1) is 14.1. The predicted octanol–water partition coefficient (Wildman–Crippen LogP) is 5.93. The monoisotopic (exact) mass is 427 g/mol. The summed E-state index contributed by atoms with van der Waals surface area (Å²) in [4.78, 5) is 12.6. The second-order valence-electron chi connectivity index (χ2n) is 6.65. The maximum Gasteiger partial charge on any atom is 0.251 e. The van der Waals surface area contributed by atoms with Crippen LogP contribution in [0.15, 0.2) is 72.8 Å². The maximum atomic E-state index is 13.8. The minimum atomic E-state index is -0.290. The number of thioether (sulfide) groups is 1. The number of nitrogens with one attached hydrogen (secondary N) is 1. The average Bonchev–Trinajstić information content (AvgIpc) is 2.74. The van der Waals surface area contributed by atoms with Crippen LogP contribution in [0, 0.1) is 5.82 Å². The van der Waals surface area contributed by atoms with Crippen LogP contribution in [0.5, 0.6) is 0 Å². The molecule has 1 amide bonds. The molecular formula is C24H23ClFNOS. The Bertz CT molecular complexity index is 928. The van der Waals surface area contributed by atoms with Crippen molar-refractivity contribution in [3.05, 3.63) is 106 Å². The van der Waals surface area contributed by atoms with Crippen LogP contribution in [0.1, 0.15) is 27.0 Å². The molecule has 0 saturated carbocycles. The topological polar surface area (TPSA) is 29.1 Å². The van der Waals surface area contributed by atoms with Gasteiger partial charge in [-0.3, -0.25) is 4.79 Å². The molecule has 0 bridgehead atoms. The Morgan fingerprint density at radius 3 is 2.48 bits per heavy atom. The number of benzene rings is 3. The summed E-state index contributed by atoms with van der Waals surface area (Å²) in [7, 11) is 0. The number of carbonyl (C=O) groups is 1. The lowest BCUT2D eigenvalue weighted by molar-refractivity contribution is 0.0955. The van der Waals surface area contributed by atoms with Crippen LogP contribution in [0.3, 0.4) is 0 Å². The highest BCUT2D eigenvalue weighted by Crippen LogP contribution is 2.23. The molecule has 0 aliphatic carbocycles. The first-order valence-electron chi connectivity index (χ1n) is 9.56. The van der Waals surface area contributed by atoms with Gasteiger partial charge in [-0.25, -0.2) is 4.39 Å². The lowest BCUT2D eigenvalue weighted by Crippen LogP contribution is -2.26. The second kappa shape index (κ2) is 11.0. The SMILES string of the molecule is O=C(NCCSCc1c(F)cccc1Cl)c1ccccc1CCc1ccccc1. The third kappa shape index (κ3) is 6.34. The Labute approximate surface area is 180 Å². The van der Waals surface area contributed by atoms with Gasteiger partial charge in [0, 0.05) is 34.2 Å². The molecular weight excluding hydrogens is 405 g/mol. The summed E-state index contributed by atoms with van der Waals surface area (Å²) in [6.45, 7) is 0.516. The van der Waals surface area contributed by atoms with Crippen molar-refractivity contribution in [2.24, 2.45) is 0 Å². The first kappa shape index (κ1) is 21.4. The van der Waals surface area contributed by atoms with Gasteiger partial charge in [0.2, 0.25) is 0 Å². The summed E-state index contributed by atoms with van der Waals surface area (Å²) in [6.07, 6.45) is 1.71. The number of rotatable bonds is 9. The quantitative estimate of drug-likeness (QED) is 0.429. The van der Waals surface area contributed by atoms with Gasteiger partial charge in [0.15, 0.2) is 0 Å². The molecule has 0 radical (unpaired) electrons. The largest absolute Gasteiger partial charge is 0.351 e. The Hall–Kier alpha value is -2.30. The van der Waals surface area contributed by atoms with Crippen molar-refractivity contribution in [2.75, 3.05) is 12.3 Å². The van der Waals surface area contributed by atoms with Crippen LogP contribution in [0.4, 0.5) is 4.39 Å². The molecule has 2 nitrogen and oxygen atoms in total. The van der Waals surface area contributed by atoms with Gasteiger partial charge in [0.25, 0.3) is 5.91 Å². The fourth-order valence-corrected chi connectivity index (χ4v) is 4.26. The van der Waals surface area contributed by atoms with Gasteiger partial charge in [-0.2, -0.15) is 11.8 Å². The summed E-state index contributed by atoms with van der Waals surface area (Å²) in [5.74, 6) is 0.803. The Balaban J connectivity index is 1.48. The van der Waals surface area contributed by atoms with E-state index < -0.39 is 0 Å². The smallest absolute Gasteiger partial charge is 0.251 e. The van der Waals surface area contributed by atoms with Gasteiger partial charge in [-0.05, 0) is 42.2 Å². The zero-order valence-corrected chi connectivity index (χ0v) is 17.6. The van der Waals surface area contributed by atoms with Gasteiger partial charge in [0.05, 0.1) is 0 Å². The van der Waals surface area contributed by atoms with Crippen molar-refractivity contribution < 1.29 is 9.18 Å². The minimum Gasteiger partial charge on any atom is -0.351 e. The highest BCUT2D eigenvalue weighted by molar-refractivity contribution is 7.98. The standard InChI is InChI=1S/C24H23ClFNOS/c25-22-11-6-12-23(26)21(22)17-29-16-15-27-24(28)20-10-5-4-9-19(20)14-13-18-7-2-1-3-8-18/h1-12H,13-17H2,(H,27,28). The molecule has 29 heavy (non-hydrogen) atoms. The van der Waals surface area contributed by atoms with E-state index in [1.807, 2.05) is 42.5 Å². The number of halogens is 2. The molecule has 0 aliphatic rings. The van der Waals surface area contributed by atoms with Crippen molar-refractivity contribution >= 4 is 29.3 Å². The van der Waals surface area contributed by atoms with Crippen molar-refractivity contribution in [1.82, 2.24) is 5.32 Å². The van der Waals surface area contributed by atoms with Gasteiger partial charge in [-0.1, -0.05) is 66.2 Å². The Morgan fingerprint density at radius 1 is 0.931 bits per heavy atom. The number of amides is 1. The zero-order valence-electron chi connectivity index (χ0n) is 16.0. The molecule has 3 aromatic carbocycles. The van der Waals surface area contributed by atoms with E-state index >= 15 is 0 Å². The molecule has 1 N–H and O–H groups in total. The molecule has 3 aromatic rings. The van der Waals surface area contributed by atoms with Gasteiger partial charge < -0.3 is 5.32 Å². The summed E-state index contributed by atoms with van der Waals surface area (Å²) in [5, 5.41) is 3.41. The zero-order chi connectivity index (χ0) is 20.5. The summed E-state index contributed by atoms with van der Waals surface area (Å²) < 4.78 is 13.8. The summed E-state index contributed by atoms with van der Waals surface area (Å²) >= 11 is 7.59. The van der Waals surface area contributed by atoms with Crippen LogP contribution >= 0.6 is 23.4 Å². The molecule has 0 saturated heterocycles. The van der Waals surface area contributed by atoms with Crippen molar-refractivity contribution in [1.29, 1.82) is 0 Å². The van der Waals surface area contributed by atoms with Crippen LogP contribution in [0.2, 0.25) is 5.02 Å².